The summed E-state index contributed by atoms with van der Waals surface area (Å²) in [7, 11) is 0. The van der Waals surface area contributed by atoms with Crippen LogP contribution >= 0.6 is 0 Å². The van der Waals surface area contributed by atoms with E-state index in [-0.39, 0.29) is 5.91 Å². The van der Waals surface area contributed by atoms with E-state index in [1.165, 1.54) is 0 Å². The third-order valence-corrected chi connectivity index (χ3v) is 2.77. The number of rotatable bonds is 4. The number of aromatic nitrogens is 1. The van der Waals surface area contributed by atoms with Gasteiger partial charge in [-0.25, -0.2) is 4.79 Å². The van der Waals surface area contributed by atoms with Crippen molar-refractivity contribution >= 4 is 17.6 Å². The van der Waals surface area contributed by atoms with Gasteiger partial charge in [0, 0.05) is 23.8 Å². The second-order valence-electron chi connectivity index (χ2n) is 4.36. The summed E-state index contributed by atoms with van der Waals surface area (Å²) in [6.45, 7) is 1.57. The average Bonchev–Trinajstić information content (AvgIpc) is 2.92. The first kappa shape index (κ1) is 13.7. The molecule has 6 heteroatoms. The molecule has 1 unspecified atom stereocenters. The van der Waals surface area contributed by atoms with Crippen molar-refractivity contribution in [3.05, 3.63) is 48.8 Å². The van der Waals surface area contributed by atoms with Crippen LogP contribution in [0, 0.1) is 0 Å². The molecule has 104 valence electrons. The van der Waals surface area contributed by atoms with E-state index in [4.69, 9.17) is 5.73 Å². The van der Waals surface area contributed by atoms with Gasteiger partial charge in [-0.1, -0.05) is 6.07 Å². The van der Waals surface area contributed by atoms with Crippen LogP contribution in [0.4, 0.5) is 10.5 Å². The van der Waals surface area contributed by atoms with Gasteiger partial charge in [0.15, 0.2) is 0 Å². The number of nitrogens with one attached hydrogen (secondary N) is 2. The van der Waals surface area contributed by atoms with Gasteiger partial charge >= 0.3 is 6.03 Å². The Kier molecular flexibility index (Phi) is 4.05. The second-order valence-corrected chi connectivity index (χ2v) is 4.36. The molecule has 0 saturated heterocycles. The van der Waals surface area contributed by atoms with E-state index in [1.807, 2.05) is 47.3 Å². The summed E-state index contributed by atoms with van der Waals surface area (Å²) >= 11 is 0. The van der Waals surface area contributed by atoms with Crippen molar-refractivity contribution in [1.29, 1.82) is 0 Å². The Labute approximate surface area is 116 Å². The van der Waals surface area contributed by atoms with Gasteiger partial charge in [-0.05, 0) is 37.3 Å². The fraction of sp³-hybridized carbons (Fsp3) is 0.143. The highest BCUT2D eigenvalue weighted by molar-refractivity contribution is 5.96. The molecule has 3 amide bonds. The van der Waals surface area contributed by atoms with Crippen molar-refractivity contribution < 1.29 is 9.59 Å². The summed E-state index contributed by atoms with van der Waals surface area (Å²) in [6.07, 6.45) is 3.83. The molecular formula is C14H16N4O2. The van der Waals surface area contributed by atoms with E-state index in [2.05, 4.69) is 10.6 Å². The van der Waals surface area contributed by atoms with Crippen LogP contribution in [0.25, 0.3) is 5.69 Å². The van der Waals surface area contributed by atoms with E-state index in [0.29, 0.717) is 5.69 Å². The topological polar surface area (TPSA) is 89.2 Å². The van der Waals surface area contributed by atoms with E-state index < -0.39 is 12.1 Å². The van der Waals surface area contributed by atoms with Gasteiger partial charge in [0.05, 0.1) is 0 Å². The largest absolute Gasteiger partial charge is 0.352 e. The molecule has 6 nitrogen and oxygen atoms in total. The Morgan fingerprint density at radius 2 is 1.90 bits per heavy atom. The Morgan fingerprint density at radius 1 is 1.20 bits per heavy atom. The van der Waals surface area contributed by atoms with Gasteiger partial charge < -0.3 is 20.9 Å². The lowest BCUT2D eigenvalue weighted by Crippen LogP contribution is -2.44. The number of nitrogens with zero attached hydrogens (tertiary/aromatic N) is 1. The van der Waals surface area contributed by atoms with E-state index >= 15 is 0 Å². The third kappa shape index (κ3) is 3.38. The minimum absolute atomic E-state index is 0.326. The van der Waals surface area contributed by atoms with Crippen LogP contribution in [-0.2, 0) is 4.79 Å². The summed E-state index contributed by atoms with van der Waals surface area (Å²) in [5.41, 5.74) is 6.57. The molecule has 0 saturated carbocycles. The lowest BCUT2D eigenvalue weighted by molar-refractivity contribution is -0.117. The lowest BCUT2D eigenvalue weighted by atomic mass is 10.2. The fourth-order valence-electron chi connectivity index (χ4n) is 1.78. The minimum Gasteiger partial charge on any atom is -0.352 e. The SMILES string of the molecule is CC(NC(N)=O)C(=O)Nc1cccc(-n2cccc2)c1. The maximum absolute atomic E-state index is 11.9. The molecule has 4 N–H and O–H groups in total. The number of carbonyl (C=O) groups excluding carboxylic acids is 2. The maximum atomic E-state index is 11.9. The molecule has 0 aliphatic heterocycles. The van der Waals surface area contributed by atoms with Crippen molar-refractivity contribution in [2.45, 2.75) is 13.0 Å². The molecule has 1 atom stereocenters. The maximum Gasteiger partial charge on any atom is 0.312 e. The average molecular weight is 272 g/mol. The molecule has 2 rings (SSSR count). The Bertz CT molecular complexity index is 607. The molecule has 0 fully saturated rings. The number of hydrogen-bond donors (Lipinski definition) is 3. The van der Waals surface area contributed by atoms with Crippen molar-refractivity contribution in [2.75, 3.05) is 5.32 Å². The molecular weight excluding hydrogens is 256 g/mol. The number of benzene rings is 1. The normalized spacial score (nSPS) is 11.7. The molecule has 0 radical (unpaired) electrons. The highest BCUT2D eigenvalue weighted by Gasteiger charge is 2.14. The van der Waals surface area contributed by atoms with Crippen molar-refractivity contribution in [2.24, 2.45) is 5.73 Å². The molecule has 2 aromatic rings. The Hall–Kier alpha value is -2.76. The van der Waals surface area contributed by atoms with E-state index in [9.17, 15) is 9.59 Å². The van der Waals surface area contributed by atoms with Gasteiger partial charge in [-0.15, -0.1) is 0 Å². The molecule has 1 aromatic heterocycles. The summed E-state index contributed by atoms with van der Waals surface area (Å²) in [4.78, 5) is 22.6. The molecule has 1 heterocycles. The number of amides is 3. The van der Waals surface area contributed by atoms with Gasteiger partial charge in [-0.2, -0.15) is 0 Å². The summed E-state index contributed by atoms with van der Waals surface area (Å²) in [6, 6.07) is 9.82. The van der Waals surface area contributed by atoms with Crippen molar-refractivity contribution in [1.82, 2.24) is 9.88 Å². The molecule has 0 aliphatic rings. The number of nitrogens with two attached hydrogens (primary N) is 1. The molecule has 20 heavy (non-hydrogen) atoms. The molecule has 0 bridgehead atoms. The van der Waals surface area contributed by atoms with E-state index in [1.54, 1.807) is 13.0 Å². The van der Waals surface area contributed by atoms with Crippen LogP contribution < -0.4 is 16.4 Å². The summed E-state index contributed by atoms with van der Waals surface area (Å²) in [5, 5.41) is 5.05. The predicted octanol–water partition coefficient (Wildman–Crippen LogP) is 1.47. The zero-order valence-corrected chi connectivity index (χ0v) is 11.0. The van der Waals surface area contributed by atoms with Crippen LogP contribution in [0.5, 0.6) is 0 Å². The van der Waals surface area contributed by atoms with Gasteiger partial charge in [0.1, 0.15) is 6.04 Å². The Morgan fingerprint density at radius 3 is 2.55 bits per heavy atom. The van der Waals surface area contributed by atoms with Crippen molar-refractivity contribution in [3.8, 4) is 5.69 Å². The first-order valence-electron chi connectivity index (χ1n) is 6.16. The number of hydrogen-bond acceptors (Lipinski definition) is 2. The lowest BCUT2D eigenvalue weighted by Gasteiger charge is -2.13. The van der Waals surface area contributed by atoms with Crippen LogP contribution in [-0.4, -0.2) is 22.5 Å². The van der Waals surface area contributed by atoms with Crippen LogP contribution in [0.15, 0.2) is 48.8 Å². The molecule has 1 aromatic carbocycles. The first-order chi connectivity index (χ1) is 9.56. The van der Waals surface area contributed by atoms with E-state index in [0.717, 1.165) is 5.69 Å². The third-order valence-electron chi connectivity index (χ3n) is 2.77. The molecule has 0 aliphatic carbocycles. The van der Waals surface area contributed by atoms with Crippen LogP contribution in [0.2, 0.25) is 0 Å². The predicted molar refractivity (Wildman–Crippen MR) is 76.6 cm³/mol. The van der Waals surface area contributed by atoms with Crippen LogP contribution in [0.3, 0.4) is 0 Å². The first-order valence-corrected chi connectivity index (χ1v) is 6.16. The number of primary amides is 1. The van der Waals surface area contributed by atoms with Gasteiger partial charge in [0.25, 0.3) is 0 Å². The minimum atomic E-state index is -0.728. The fourth-order valence-corrected chi connectivity index (χ4v) is 1.78. The second kappa shape index (κ2) is 5.92. The van der Waals surface area contributed by atoms with Gasteiger partial charge in [-0.3, -0.25) is 4.79 Å². The zero-order chi connectivity index (χ0) is 14.5. The Balaban J connectivity index is 2.08. The standard InChI is InChI=1S/C14H16N4O2/c1-10(16-14(15)20)13(19)17-11-5-4-6-12(9-11)18-7-2-3-8-18/h2-10H,1H3,(H,17,19)(H3,15,16,20). The quantitative estimate of drug-likeness (QED) is 0.786. The summed E-state index contributed by atoms with van der Waals surface area (Å²) < 4.78 is 1.93. The van der Waals surface area contributed by atoms with Gasteiger partial charge in [0.2, 0.25) is 5.91 Å². The smallest absolute Gasteiger partial charge is 0.312 e. The van der Waals surface area contributed by atoms with Crippen LogP contribution in [0.1, 0.15) is 6.92 Å². The number of carbonyl (C=O) groups is 2. The highest BCUT2D eigenvalue weighted by Crippen LogP contribution is 2.15. The number of anilines is 1. The zero-order valence-electron chi connectivity index (χ0n) is 11.0. The van der Waals surface area contributed by atoms with Crippen molar-refractivity contribution in [3.63, 3.8) is 0 Å². The number of urea groups is 1. The summed E-state index contributed by atoms with van der Waals surface area (Å²) in [5.74, 6) is -0.326. The molecule has 0 spiro atoms. The highest BCUT2D eigenvalue weighted by atomic mass is 16.2. The monoisotopic (exact) mass is 272 g/mol.